The van der Waals surface area contributed by atoms with Gasteiger partial charge < -0.3 is 13.9 Å². The molecular formula is C20H34O4S2. The molecule has 2 heterocycles. The fraction of sp³-hybridized carbons (Fsp3) is 0.800. The number of furan rings is 1. The number of hydrogen-bond donors (Lipinski definition) is 0. The zero-order chi connectivity index (χ0) is 18.6. The van der Waals surface area contributed by atoms with Crippen LogP contribution in [0, 0.1) is 0 Å². The lowest BCUT2D eigenvalue weighted by atomic mass is 10.1. The second kappa shape index (κ2) is 13.0. The Morgan fingerprint density at radius 1 is 1.23 bits per heavy atom. The summed E-state index contributed by atoms with van der Waals surface area (Å²) in [5.41, 5.74) is 0. The van der Waals surface area contributed by atoms with Gasteiger partial charge >= 0.3 is 0 Å². The molecule has 0 bridgehead atoms. The smallest absolute Gasteiger partial charge is 0.158 e. The molecule has 26 heavy (non-hydrogen) atoms. The first-order chi connectivity index (χ1) is 12.7. The Bertz CT molecular complexity index is 486. The van der Waals surface area contributed by atoms with Crippen molar-refractivity contribution < 1.29 is 18.1 Å². The Kier molecular flexibility index (Phi) is 11.0. The first kappa shape index (κ1) is 22.0. The van der Waals surface area contributed by atoms with Crippen molar-refractivity contribution in [2.24, 2.45) is 0 Å². The van der Waals surface area contributed by atoms with Gasteiger partial charge in [-0.1, -0.05) is 32.1 Å². The van der Waals surface area contributed by atoms with Crippen LogP contribution < -0.4 is 0 Å². The van der Waals surface area contributed by atoms with Gasteiger partial charge in [-0.2, -0.15) is 0 Å². The summed E-state index contributed by atoms with van der Waals surface area (Å²) in [5, 5.41) is 0. The summed E-state index contributed by atoms with van der Waals surface area (Å²) in [6.07, 6.45) is 16.7. The van der Waals surface area contributed by atoms with Crippen LogP contribution in [0.1, 0.15) is 76.1 Å². The molecule has 1 aliphatic heterocycles. The van der Waals surface area contributed by atoms with E-state index >= 15 is 0 Å². The first-order valence-corrected chi connectivity index (χ1v) is 12.8. The second-order valence-corrected chi connectivity index (χ2v) is 9.85. The van der Waals surface area contributed by atoms with Crippen LogP contribution in [-0.2, 0) is 20.3 Å². The molecule has 1 aromatic heterocycles. The van der Waals surface area contributed by atoms with Crippen molar-refractivity contribution in [3.05, 3.63) is 24.2 Å². The van der Waals surface area contributed by atoms with E-state index in [1.54, 1.807) is 18.0 Å². The van der Waals surface area contributed by atoms with E-state index in [0.717, 1.165) is 44.5 Å². The fourth-order valence-electron chi connectivity index (χ4n) is 3.34. The Labute approximate surface area is 165 Å². The minimum absolute atomic E-state index is 0.00325. The highest BCUT2D eigenvalue weighted by Gasteiger charge is 2.22. The molecule has 1 aliphatic rings. The molecule has 0 spiro atoms. The molecule has 1 fully saturated rings. The molecule has 6 heteroatoms. The van der Waals surface area contributed by atoms with Crippen LogP contribution in [0.4, 0.5) is 0 Å². The summed E-state index contributed by atoms with van der Waals surface area (Å²) in [5.74, 6) is 0.910. The molecule has 4 nitrogen and oxygen atoms in total. The molecule has 0 radical (unpaired) electrons. The van der Waals surface area contributed by atoms with Crippen LogP contribution in [0.15, 0.2) is 22.8 Å². The molecule has 0 N–H and O–H groups in total. The third-order valence-corrected chi connectivity index (χ3v) is 7.98. The summed E-state index contributed by atoms with van der Waals surface area (Å²) >= 11 is 1.73. The van der Waals surface area contributed by atoms with E-state index in [1.165, 1.54) is 32.1 Å². The van der Waals surface area contributed by atoms with Gasteiger partial charge in [0.2, 0.25) is 0 Å². The number of thioether (sulfide) groups is 1. The van der Waals surface area contributed by atoms with Gasteiger partial charge in [0.25, 0.3) is 0 Å². The van der Waals surface area contributed by atoms with E-state index in [2.05, 4.69) is 6.26 Å². The van der Waals surface area contributed by atoms with Crippen molar-refractivity contribution in [2.75, 3.05) is 19.1 Å². The average molecular weight is 403 g/mol. The zero-order valence-electron chi connectivity index (χ0n) is 16.2. The van der Waals surface area contributed by atoms with Gasteiger partial charge in [-0.25, -0.2) is 0 Å². The highest BCUT2D eigenvalue weighted by molar-refractivity contribution is 8.10. The van der Waals surface area contributed by atoms with E-state index in [-0.39, 0.29) is 12.4 Å². The summed E-state index contributed by atoms with van der Waals surface area (Å²) in [7, 11) is -0.715. The van der Waals surface area contributed by atoms with Crippen molar-refractivity contribution in [1.29, 1.82) is 0 Å². The fourth-order valence-corrected chi connectivity index (χ4v) is 5.33. The molecule has 0 aliphatic carbocycles. The topological polar surface area (TPSA) is 48.7 Å². The standard InChI is InChI=1S/C20H34O4S2/c1-25-20(26(2)21)14-7-5-3-4-6-11-18(17-12-10-16-22-17)24-19-13-8-9-15-23-19/h10,12,16,18-20H,3-9,11,13-15H2,1-2H3. The lowest BCUT2D eigenvalue weighted by Crippen LogP contribution is -2.24. The van der Waals surface area contributed by atoms with Crippen molar-refractivity contribution in [1.82, 2.24) is 0 Å². The van der Waals surface area contributed by atoms with E-state index in [1.807, 2.05) is 18.4 Å². The van der Waals surface area contributed by atoms with E-state index in [9.17, 15) is 4.21 Å². The highest BCUT2D eigenvalue weighted by atomic mass is 32.2. The molecule has 150 valence electrons. The van der Waals surface area contributed by atoms with Gasteiger partial charge in [-0.15, -0.1) is 11.8 Å². The molecule has 0 amide bonds. The van der Waals surface area contributed by atoms with E-state index in [4.69, 9.17) is 13.9 Å². The van der Waals surface area contributed by atoms with E-state index < -0.39 is 10.8 Å². The van der Waals surface area contributed by atoms with Crippen molar-refractivity contribution in [3.63, 3.8) is 0 Å². The second-order valence-electron chi connectivity index (χ2n) is 6.95. The van der Waals surface area contributed by atoms with Crippen molar-refractivity contribution in [3.8, 4) is 0 Å². The molecule has 0 aromatic carbocycles. The molecule has 0 saturated carbocycles. The minimum atomic E-state index is -0.715. The number of rotatable bonds is 13. The quantitative estimate of drug-likeness (QED) is 0.398. The number of ether oxygens (including phenoxy) is 2. The predicted molar refractivity (Wildman–Crippen MR) is 110 cm³/mol. The zero-order valence-corrected chi connectivity index (χ0v) is 17.8. The van der Waals surface area contributed by atoms with Gasteiger partial charge in [0.05, 0.1) is 10.8 Å². The van der Waals surface area contributed by atoms with Gasteiger partial charge in [-0.3, -0.25) is 4.21 Å². The van der Waals surface area contributed by atoms with Gasteiger partial charge in [-0.05, 0) is 50.5 Å². The highest BCUT2D eigenvalue weighted by Crippen LogP contribution is 2.29. The van der Waals surface area contributed by atoms with Gasteiger partial charge in [0, 0.05) is 23.7 Å². The Morgan fingerprint density at radius 3 is 2.62 bits per heavy atom. The van der Waals surface area contributed by atoms with Crippen LogP contribution in [-0.4, -0.2) is 34.2 Å². The average Bonchev–Trinajstić information content (AvgIpc) is 3.18. The lowest BCUT2D eigenvalue weighted by Gasteiger charge is -2.27. The Hall–Kier alpha value is -0.300. The van der Waals surface area contributed by atoms with Crippen molar-refractivity contribution >= 4 is 22.6 Å². The molecule has 2 rings (SSSR count). The molecule has 4 atom stereocenters. The summed E-state index contributed by atoms with van der Waals surface area (Å²) in [6.45, 7) is 0.801. The molecule has 1 aromatic rings. The normalized spacial score (nSPS) is 21.4. The number of hydrogen-bond acceptors (Lipinski definition) is 5. The van der Waals surface area contributed by atoms with E-state index in [0.29, 0.717) is 4.58 Å². The van der Waals surface area contributed by atoms with Gasteiger partial charge in [0.15, 0.2) is 6.29 Å². The largest absolute Gasteiger partial charge is 0.467 e. The first-order valence-electron chi connectivity index (χ1n) is 9.86. The van der Waals surface area contributed by atoms with Crippen molar-refractivity contribution in [2.45, 2.75) is 81.2 Å². The Balaban J connectivity index is 1.63. The maximum Gasteiger partial charge on any atom is 0.158 e. The maximum atomic E-state index is 11.5. The van der Waals surface area contributed by atoms with Crippen LogP contribution in [0.5, 0.6) is 0 Å². The monoisotopic (exact) mass is 402 g/mol. The lowest BCUT2D eigenvalue weighted by molar-refractivity contribution is -0.194. The van der Waals surface area contributed by atoms with Crippen LogP contribution in [0.2, 0.25) is 0 Å². The number of unbranched alkanes of at least 4 members (excludes halogenated alkanes) is 4. The third-order valence-electron chi connectivity index (χ3n) is 4.85. The minimum Gasteiger partial charge on any atom is -0.467 e. The molecule has 1 saturated heterocycles. The maximum absolute atomic E-state index is 11.5. The predicted octanol–water partition coefficient (Wildman–Crippen LogP) is 5.66. The SMILES string of the molecule is CSC(CCCCCCCC(OC1CCCCO1)c1ccco1)S(C)=O. The molecule has 4 unspecified atom stereocenters. The van der Waals surface area contributed by atoms with Crippen LogP contribution in [0.3, 0.4) is 0 Å². The summed E-state index contributed by atoms with van der Waals surface area (Å²) in [6, 6.07) is 3.92. The third kappa shape index (κ3) is 8.15. The molecular weight excluding hydrogens is 368 g/mol. The van der Waals surface area contributed by atoms with Crippen LogP contribution in [0.25, 0.3) is 0 Å². The Morgan fingerprint density at radius 2 is 2.00 bits per heavy atom. The van der Waals surface area contributed by atoms with Gasteiger partial charge in [0.1, 0.15) is 11.9 Å². The summed E-state index contributed by atoms with van der Waals surface area (Å²) < 4.78 is 29.3. The summed E-state index contributed by atoms with van der Waals surface area (Å²) in [4.78, 5) is 0. The van der Waals surface area contributed by atoms with Crippen LogP contribution >= 0.6 is 11.8 Å².